The molecule has 1 aliphatic carbocycles. The number of aromatic nitrogens is 1. The molecule has 1 aromatic heterocycles. The zero-order valence-corrected chi connectivity index (χ0v) is 11.9. The lowest BCUT2D eigenvalue weighted by Crippen LogP contribution is -1.97. The Balaban J connectivity index is 2.18. The molecule has 0 saturated carbocycles. The zero-order chi connectivity index (χ0) is 13.7. The van der Waals surface area contributed by atoms with E-state index in [0.29, 0.717) is 0 Å². The lowest BCUT2D eigenvalue weighted by molar-refractivity contribution is 0.977. The Morgan fingerprint density at radius 2 is 1.70 bits per heavy atom. The van der Waals surface area contributed by atoms with Gasteiger partial charge in [0.05, 0.1) is 5.69 Å². The molecule has 0 atom stereocenters. The predicted molar refractivity (Wildman–Crippen MR) is 89.1 cm³/mol. The van der Waals surface area contributed by atoms with Crippen LogP contribution in [0.4, 0.5) is 0 Å². The van der Waals surface area contributed by atoms with Gasteiger partial charge in [-0.05, 0) is 17.7 Å². The number of aryl methyl sites for hydroxylation is 1. The molecular formula is C18H13NS. The van der Waals surface area contributed by atoms with Crippen LogP contribution in [0.3, 0.4) is 0 Å². The van der Waals surface area contributed by atoms with Crippen molar-refractivity contribution in [2.75, 3.05) is 0 Å². The Hall–Kier alpha value is -2.19. The van der Waals surface area contributed by atoms with E-state index in [2.05, 4.69) is 60.2 Å². The molecule has 4 rings (SSSR count). The van der Waals surface area contributed by atoms with E-state index in [9.17, 15) is 0 Å². The summed E-state index contributed by atoms with van der Waals surface area (Å²) in [5.74, 6) is 0. The lowest BCUT2D eigenvalue weighted by atomic mass is 9.95. The minimum absolute atomic E-state index is 0.924. The summed E-state index contributed by atoms with van der Waals surface area (Å²) in [7, 11) is 2.13. The first-order chi connectivity index (χ1) is 9.77. The molecule has 0 aliphatic heterocycles. The second-order valence-corrected chi connectivity index (χ2v) is 5.52. The smallest absolute Gasteiger partial charge is 0.0562 e. The van der Waals surface area contributed by atoms with Gasteiger partial charge in [-0.3, -0.25) is 0 Å². The van der Waals surface area contributed by atoms with Crippen LogP contribution in [0.1, 0.15) is 11.1 Å². The third kappa shape index (κ3) is 1.46. The van der Waals surface area contributed by atoms with Crippen molar-refractivity contribution in [2.45, 2.75) is 0 Å². The number of hydrogen-bond acceptors (Lipinski definition) is 1. The maximum Gasteiger partial charge on any atom is 0.0562 e. The molecule has 2 heteroatoms. The Morgan fingerprint density at radius 1 is 0.900 bits per heavy atom. The van der Waals surface area contributed by atoms with E-state index in [1.807, 2.05) is 12.1 Å². The molecule has 96 valence electrons. The molecule has 0 amide bonds. The van der Waals surface area contributed by atoms with Crippen molar-refractivity contribution in [3.8, 4) is 11.3 Å². The largest absolute Gasteiger partial charge is 0.343 e. The molecule has 0 spiro atoms. The third-order valence-electron chi connectivity index (χ3n) is 3.98. The highest BCUT2D eigenvalue weighted by Crippen LogP contribution is 2.38. The first-order valence-corrected chi connectivity index (χ1v) is 7.07. The van der Waals surface area contributed by atoms with Crippen LogP contribution in [0.5, 0.6) is 0 Å². The third-order valence-corrected chi connectivity index (χ3v) is 4.33. The Kier molecular flexibility index (Phi) is 2.41. The molecule has 3 aromatic rings. The second-order valence-electron chi connectivity index (χ2n) is 5.08. The Morgan fingerprint density at radius 3 is 2.50 bits per heavy atom. The molecule has 2 aromatic carbocycles. The standard InChI is InChI=1S/C18H13NS/c1-19-15-9-5-8-13-16(20)11-10-14(17(13)15)18(19)12-6-3-2-4-7-12/h2-11H,1H3. The van der Waals surface area contributed by atoms with Gasteiger partial charge >= 0.3 is 0 Å². The summed E-state index contributed by atoms with van der Waals surface area (Å²) < 4.78 is 2.27. The van der Waals surface area contributed by atoms with Gasteiger partial charge in [0.1, 0.15) is 0 Å². The highest BCUT2D eigenvalue weighted by atomic mass is 32.1. The van der Waals surface area contributed by atoms with E-state index in [1.165, 1.54) is 33.3 Å². The Bertz CT molecular complexity index is 869. The van der Waals surface area contributed by atoms with Gasteiger partial charge in [-0.15, -0.1) is 0 Å². The van der Waals surface area contributed by atoms with Crippen molar-refractivity contribution in [2.24, 2.45) is 7.05 Å². The van der Waals surface area contributed by atoms with Crippen molar-refractivity contribution < 1.29 is 0 Å². The molecule has 20 heavy (non-hydrogen) atoms. The molecule has 0 radical (unpaired) electrons. The molecule has 1 heterocycles. The average molecular weight is 275 g/mol. The van der Waals surface area contributed by atoms with Crippen molar-refractivity contribution in [1.29, 1.82) is 0 Å². The van der Waals surface area contributed by atoms with Gasteiger partial charge in [0.25, 0.3) is 0 Å². The van der Waals surface area contributed by atoms with E-state index in [0.717, 1.165) is 4.86 Å². The molecule has 0 bridgehead atoms. The van der Waals surface area contributed by atoms with Crippen LogP contribution in [0, 0.1) is 0 Å². The molecule has 0 fully saturated rings. The highest BCUT2D eigenvalue weighted by molar-refractivity contribution is 7.81. The fourth-order valence-corrected chi connectivity index (χ4v) is 3.32. The van der Waals surface area contributed by atoms with Crippen molar-refractivity contribution >= 4 is 34.1 Å². The van der Waals surface area contributed by atoms with E-state index in [-0.39, 0.29) is 0 Å². The van der Waals surface area contributed by atoms with E-state index < -0.39 is 0 Å². The summed E-state index contributed by atoms with van der Waals surface area (Å²) in [5, 5.41) is 1.28. The van der Waals surface area contributed by atoms with Crippen LogP contribution in [-0.2, 0) is 7.05 Å². The van der Waals surface area contributed by atoms with E-state index in [4.69, 9.17) is 12.2 Å². The summed E-state index contributed by atoms with van der Waals surface area (Å²) in [4.78, 5) is 0.924. The van der Waals surface area contributed by atoms with Gasteiger partial charge in [0, 0.05) is 33.9 Å². The highest BCUT2D eigenvalue weighted by Gasteiger charge is 2.20. The molecule has 0 N–H and O–H groups in total. The number of thiocarbonyl (C=S) groups is 1. The summed E-state index contributed by atoms with van der Waals surface area (Å²) in [6, 6.07) is 16.9. The maximum atomic E-state index is 5.47. The van der Waals surface area contributed by atoms with Crippen LogP contribution in [-0.4, -0.2) is 9.43 Å². The van der Waals surface area contributed by atoms with Crippen LogP contribution < -0.4 is 0 Å². The fourth-order valence-electron chi connectivity index (χ4n) is 3.08. The van der Waals surface area contributed by atoms with Crippen molar-refractivity contribution in [3.05, 3.63) is 65.7 Å². The summed E-state index contributed by atoms with van der Waals surface area (Å²) in [6.45, 7) is 0. The first-order valence-electron chi connectivity index (χ1n) is 6.66. The molecular weight excluding hydrogens is 262 g/mol. The minimum atomic E-state index is 0.924. The second kappa shape index (κ2) is 4.15. The van der Waals surface area contributed by atoms with Gasteiger partial charge in [-0.1, -0.05) is 60.8 Å². The number of nitrogens with zero attached hydrogens (tertiary/aromatic N) is 1. The summed E-state index contributed by atoms with van der Waals surface area (Å²) >= 11 is 5.47. The fraction of sp³-hybridized carbons (Fsp3) is 0.0556. The van der Waals surface area contributed by atoms with E-state index >= 15 is 0 Å². The minimum Gasteiger partial charge on any atom is -0.343 e. The van der Waals surface area contributed by atoms with Gasteiger partial charge in [-0.25, -0.2) is 0 Å². The van der Waals surface area contributed by atoms with Gasteiger partial charge in [0.2, 0.25) is 0 Å². The first kappa shape index (κ1) is 11.6. The van der Waals surface area contributed by atoms with Gasteiger partial charge in [-0.2, -0.15) is 0 Å². The number of rotatable bonds is 1. The van der Waals surface area contributed by atoms with Crippen LogP contribution >= 0.6 is 12.2 Å². The topological polar surface area (TPSA) is 4.93 Å². The van der Waals surface area contributed by atoms with Crippen LogP contribution in [0.15, 0.2) is 54.6 Å². The van der Waals surface area contributed by atoms with Crippen LogP contribution in [0.2, 0.25) is 0 Å². The number of allylic oxidation sites excluding steroid dienone is 1. The van der Waals surface area contributed by atoms with Crippen molar-refractivity contribution in [1.82, 2.24) is 4.57 Å². The lowest BCUT2D eigenvalue weighted by Gasteiger charge is -2.09. The zero-order valence-electron chi connectivity index (χ0n) is 11.1. The normalized spacial score (nSPS) is 13.2. The molecule has 0 unspecified atom stereocenters. The van der Waals surface area contributed by atoms with Crippen LogP contribution in [0.25, 0.3) is 28.2 Å². The monoisotopic (exact) mass is 275 g/mol. The Labute approximate surface area is 123 Å². The molecule has 1 aliphatic rings. The number of hydrogen-bond donors (Lipinski definition) is 0. The van der Waals surface area contributed by atoms with Gasteiger partial charge < -0.3 is 4.57 Å². The summed E-state index contributed by atoms with van der Waals surface area (Å²) in [5.41, 5.74) is 6.19. The number of benzene rings is 2. The SMILES string of the molecule is Cn1c(-c2ccccc2)c2c3c(cccc31)C(=S)C=C2. The quantitative estimate of drug-likeness (QED) is 0.588. The van der Waals surface area contributed by atoms with Crippen molar-refractivity contribution in [3.63, 3.8) is 0 Å². The maximum absolute atomic E-state index is 5.47. The average Bonchev–Trinajstić information content (AvgIpc) is 2.78. The van der Waals surface area contributed by atoms with E-state index in [1.54, 1.807) is 0 Å². The molecule has 1 nitrogen and oxygen atoms in total. The summed E-state index contributed by atoms with van der Waals surface area (Å²) in [6.07, 6.45) is 4.19. The van der Waals surface area contributed by atoms with Gasteiger partial charge in [0.15, 0.2) is 0 Å². The molecule has 0 saturated heterocycles. The predicted octanol–water partition coefficient (Wildman–Crippen LogP) is 4.59.